The number of alkyl halides is 6. The van der Waals surface area contributed by atoms with E-state index in [4.69, 9.17) is 11.6 Å². The molecule has 5 rings (SSSR count). The van der Waals surface area contributed by atoms with Gasteiger partial charge in [0.1, 0.15) is 5.69 Å². The van der Waals surface area contributed by atoms with Gasteiger partial charge in [0.05, 0.1) is 29.6 Å². The van der Waals surface area contributed by atoms with Crippen LogP contribution >= 0.6 is 11.6 Å². The first-order chi connectivity index (χ1) is 18.5. The molecule has 0 saturated heterocycles. The third kappa shape index (κ3) is 5.68. The molecule has 39 heavy (non-hydrogen) atoms. The van der Waals surface area contributed by atoms with Crippen LogP contribution in [0.5, 0.6) is 0 Å². The third-order valence-corrected chi connectivity index (χ3v) is 6.43. The van der Waals surface area contributed by atoms with Crippen molar-refractivity contribution in [3.63, 3.8) is 0 Å². The highest BCUT2D eigenvalue weighted by Gasteiger charge is 2.37. The van der Waals surface area contributed by atoms with Crippen LogP contribution < -0.4 is 0 Å². The van der Waals surface area contributed by atoms with Gasteiger partial charge in [0, 0.05) is 28.3 Å². The monoisotopic (exact) mass is 561 g/mol. The molecule has 3 aromatic carbocycles. The van der Waals surface area contributed by atoms with E-state index in [1.165, 1.54) is 4.68 Å². The van der Waals surface area contributed by atoms with Crippen LogP contribution in [0, 0.1) is 0 Å². The molecule has 0 aliphatic carbocycles. The predicted molar refractivity (Wildman–Crippen MR) is 133 cm³/mol. The van der Waals surface area contributed by atoms with Gasteiger partial charge in [-0.15, -0.1) is 5.10 Å². The van der Waals surface area contributed by atoms with Crippen molar-refractivity contribution in [2.75, 3.05) is 0 Å². The Kier molecular flexibility index (Phi) is 6.94. The summed E-state index contributed by atoms with van der Waals surface area (Å²) >= 11 is 6.32. The average Bonchev–Trinajstić information content (AvgIpc) is 3.51. The molecular weight excluding hydrogens is 544 g/mol. The number of hydrogen-bond acceptors (Lipinski definition) is 3. The van der Waals surface area contributed by atoms with Gasteiger partial charge < -0.3 is 0 Å². The Morgan fingerprint density at radius 1 is 0.821 bits per heavy atom. The minimum Gasteiger partial charge on any atom is -0.282 e. The first kappa shape index (κ1) is 26.5. The molecule has 0 bridgehead atoms. The second-order valence-electron chi connectivity index (χ2n) is 8.75. The molecule has 2 heterocycles. The van der Waals surface area contributed by atoms with Crippen LogP contribution in [0.1, 0.15) is 27.9 Å². The molecule has 5 aromatic rings. The van der Waals surface area contributed by atoms with Crippen LogP contribution in [0.25, 0.3) is 22.5 Å². The van der Waals surface area contributed by atoms with Gasteiger partial charge in [0.15, 0.2) is 0 Å². The van der Waals surface area contributed by atoms with Crippen molar-refractivity contribution < 1.29 is 26.3 Å². The van der Waals surface area contributed by atoms with Crippen molar-refractivity contribution in [1.29, 1.82) is 0 Å². The molecule has 0 radical (unpaired) electrons. The first-order valence-electron chi connectivity index (χ1n) is 11.5. The molecule has 12 heteroatoms. The lowest BCUT2D eigenvalue weighted by Crippen LogP contribution is -2.13. The summed E-state index contributed by atoms with van der Waals surface area (Å²) in [6, 6.07) is 17.5. The van der Waals surface area contributed by atoms with Crippen molar-refractivity contribution >= 4 is 11.6 Å². The van der Waals surface area contributed by atoms with Crippen LogP contribution in [0.4, 0.5) is 26.3 Å². The Bertz CT molecular complexity index is 1570. The van der Waals surface area contributed by atoms with Crippen LogP contribution in [-0.2, 0) is 25.3 Å². The molecule has 0 aliphatic rings. The minimum atomic E-state index is -4.96. The minimum absolute atomic E-state index is 0.0981. The first-order valence-corrected chi connectivity index (χ1v) is 11.9. The highest BCUT2D eigenvalue weighted by atomic mass is 35.5. The number of hydrogen-bond donors (Lipinski definition) is 1. The van der Waals surface area contributed by atoms with E-state index in [9.17, 15) is 26.3 Å². The Balaban J connectivity index is 1.61. The van der Waals surface area contributed by atoms with Crippen LogP contribution in [-0.4, -0.2) is 25.2 Å². The highest BCUT2D eigenvalue weighted by Crippen LogP contribution is 2.38. The van der Waals surface area contributed by atoms with Gasteiger partial charge in [0.25, 0.3) is 0 Å². The Labute approximate surface area is 223 Å². The zero-order chi connectivity index (χ0) is 27.8. The number of aromatic nitrogens is 5. The molecular formula is C27H18ClF6N5. The van der Waals surface area contributed by atoms with Gasteiger partial charge in [-0.05, 0) is 35.4 Å². The SMILES string of the molecule is FC(F)(F)c1cc(Cn2nnc(-c3cn[nH]c3Cc3ccccc3Cl)c2-c2ccccc2)cc(C(F)(F)F)c1. The van der Waals surface area contributed by atoms with Gasteiger partial charge in [-0.3, -0.25) is 5.10 Å². The lowest BCUT2D eigenvalue weighted by Gasteiger charge is -2.15. The van der Waals surface area contributed by atoms with Crippen LogP contribution in [0.2, 0.25) is 5.02 Å². The van der Waals surface area contributed by atoms with E-state index in [2.05, 4.69) is 20.5 Å². The molecule has 5 nitrogen and oxygen atoms in total. The second-order valence-corrected chi connectivity index (χ2v) is 9.16. The summed E-state index contributed by atoms with van der Waals surface area (Å²) < 4.78 is 81.9. The maximum absolute atomic E-state index is 13.4. The summed E-state index contributed by atoms with van der Waals surface area (Å²) in [5.74, 6) is 0. The van der Waals surface area contributed by atoms with Gasteiger partial charge in [-0.2, -0.15) is 31.4 Å². The van der Waals surface area contributed by atoms with E-state index in [-0.39, 0.29) is 18.2 Å². The number of H-pyrrole nitrogens is 1. The largest absolute Gasteiger partial charge is 0.416 e. The third-order valence-electron chi connectivity index (χ3n) is 6.06. The van der Waals surface area contributed by atoms with E-state index < -0.39 is 23.5 Å². The molecule has 0 saturated carbocycles. The molecule has 0 aliphatic heterocycles. The number of rotatable bonds is 6. The summed E-state index contributed by atoms with van der Waals surface area (Å²) in [6.07, 6.45) is -8.01. The van der Waals surface area contributed by atoms with Crippen molar-refractivity contribution in [3.05, 3.63) is 112 Å². The summed E-state index contributed by atoms with van der Waals surface area (Å²) in [4.78, 5) is 0. The fourth-order valence-electron chi connectivity index (χ4n) is 4.25. The lowest BCUT2D eigenvalue weighted by atomic mass is 10.0. The second kappa shape index (κ2) is 10.2. The number of benzene rings is 3. The smallest absolute Gasteiger partial charge is 0.282 e. The molecule has 1 N–H and O–H groups in total. The molecule has 200 valence electrons. The Hall–Kier alpha value is -4.12. The van der Waals surface area contributed by atoms with Gasteiger partial charge in [-0.25, -0.2) is 4.68 Å². The number of nitrogens with one attached hydrogen (secondary N) is 1. The van der Waals surface area contributed by atoms with Gasteiger partial charge in [0.2, 0.25) is 0 Å². The Morgan fingerprint density at radius 2 is 1.46 bits per heavy atom. The van der Waals surface area contributed by atoms with Crippen LogP contribution in [0.15, 0.2) is 79.0 Å². The highest BCUT2D eigenvalue weighted by molar-refractivity contribution is 6.31. The fourth-order valence-corrected chi connectivity index (χ4v) is 4.46. The topological polar surface area (TPSA) is 59.4 Å². The molecule has 0 amide bonds. The van der Waals surface area contributed by atoms with Crippen LogP contribution in [0.3, 0.4) is 0 Å². The zero-order valence-corrected chi connectivity index (χ0v) is 20.6. The lowest BCUT2D eigenvalue weighted by molar-refractivity contribution is -0.143. The Morgan fingerprint density at radius 3 is 2.10 bits per heavy atom. The van der Waals surface area contributed by atoms with E-state index in [1.54, 1.807) is 48.7 Å². The van der Waals surface area contributed by atoms with Crippen molar-refractivity contribution in [3.8, 4) is 22.5 Å². The quantitative estimate of drug-likeness (QED) is 0.216. The van der Waals surface area contributed by atoms with Gasteiger partial charge >= 0.3 is 12.4 Å². The normalized spacial score (nSPS) is 12.2. The van der Waals surface area contributed by atoms with Gasteiger partial charge in [-0.1, -0.05) is 65.3 Å². The summed E-state index contributed by atoms with van der Waals surface area (Å²) in [5.41, 5.74) is 0.410. The number of nitrogens with zero attached hydrogens (tertiary/aromatic N) is 4. The summed E-state index contributed by atoms with van der Waals surface area (Å²) in [6.45, 7) is -0.387. The van der Waals surface area contributed by atoms with E-state index in [1.807, 2.05) is 12.1 Å². The fraction of sp³-hybridized carbons (Fsp3) is 0.148. The molecule has 2 aromatic heterocycles. The maximum Gasteiger partial charge on any atom is 0.416 e. The van der Waals surface area contributed by atoms with Crippen molar-refractivity contribution in [2.24, 2.45) is 0 Å². The van der Waals surface area contributed by atoms with Crippen molar-refractivity contribution in [1.82, 2.24) is 25.2 Å². The summed E-state index contributed by atoms with van der Waals surface area (Å²) in [7, 11) is 0. The molecule has 0 atom stereocenters. The van der Waals surface area contributed by atoms with E-state index >= 15 is 0 Å². The molecule has 0 unspecified atom stereocenters. The average molecular weight is 562 g/mol. The number of aromatic amines is 1. The molecule has 0 fully saturated rings. The standard InChI is InChI=1S/C27H18ClF6N5/c28-22-9-5-4-8-18(22)12-23-21(14-35-36-23)24-25(17-6-2-1-3-7-17)39(38-37-24)15-16-10-19(26(29,30)31)13-20(11-16)27(32,33)34/h1-11,13-14H,12,15H2,(H,35,36). The molecule has 0 spiro atoms. The summed E-state index contributed by atoms with van der Waals surface area (Å²) in [5, 5.41) is 16.0. The predicted octanol–water partition coefficient (Wildman–Crippen LogP) is 7.67. The van der Waals surface area contributed by atoms with E-state index in [0.717, 1.165) is 5.56 Å². The maximum atomic E-state index is 13.4. The zero-order valence-electron chi connectivity index (χ0n) is 19.9. The number of halogens is 7. The van der Waals surface area contributed by atoms with E-state index in [0.29, 0.717) is 51.8 Å². The van der Waals surface area contributed by atoms with Crippen molar-refractivity contribution in [2.45, 2.75) is 25.3 Å².